The fourth-order valence-corrected chi connectivity index (χ4v) is 6.03. The number of nitrogens with two attached hydrogens (primary N) is 1. The molecule has 0 aromatic heterocycles. The molecule has 0 radical (unpaired) electrons. The average molecular weight is 739 g/mol. The second kappa shape index (κ2) is 17.9. The number of carbonyl (C=O) groups is 7. The summed E-state index contributed by atoms with van der Waals surface area (Å²) in [5, 5.41) is 17.4. The van der Waals surface area contributed by atoms with E-state index < -0.39 is 53.1 Å². The van der Waals surface area contributed by atoms with Gasteiger partial charge in [-0.2, -0.15) is 0 Å². The maximum Gasteiger partial charge on any atom is 0.335 e. The van der Waals surface area contributed by atoms with E-state index in [1.165, 1.54) is 53.1 Å². The van der Waals surface area contributed by atoms with Crippen molar-refractivity contribution in [3.8, 4) is 0 Å². The molecule has 4 rings (SSSR count). The number of carboxylic acids is 1. The minimum atomic E-state index is -1.11. The van der Waals surface area contributed by atoms with E-state index in [9.17, 15) is 33.6 Å². The highest BCUT2D eigenvalue weighted by atomic mass is 16.4. The lowest BCUT2D eigenvalue weighted by Crippen LogP contribution is -2.58. The van der Waals surface area contributed by atoms with Crippen LogP contribution in [0.2, 0.25) is 0 Å². The van der Waals surface area contributed by atoms with Crippen LogP contribution in [0.4, 0.5) is 5.69 Å². The Bertz CT molecular complexity index is 1890. The van der Waals surface area contributed by atoms with Crippen LogP contribution < -0.4 is 26.6 Å². The summed E-state index contributed by atoms with van der Waals surface area (Å²) in [4.78, 5) is 92.7. The second-order valence-corrected chi connectivity index (χ2v) is 14.1. The quantitative estimate of drug-likeness (QED) is 0.155. The molecule has 1 aliphatic rings. The van der Waals surface area contributed by atoms with Crippen LogP contribution in [-0.2, 0) is 30.5 Å². The minimum absolute atomic E-state index is 0.0129. The molecule has 14 nitrogen and oxygen atoms in total. The first-order valence-corrected chi connectivity index (χ1v) is 17.4. The van der Waals surface area contributed by atoms with Crippen LogP contribution in [0, 0.1) is 5.41 Å². The molecule has 3 atom stereocenters. The molecule has 0 spiro atoms. The van der Waals surface area contributed by atoms with Gasteiger partial charge in [-0.3, -0.25) is 28.8 Å². The average Bonchev–Trinajstić information content (AvgIpc) is 3.55. The van der Waals surface area contributed by atoms with Crippen molar-refractivity contribution in [2.45, 2.75) is 65.2 Å². The van der Waals surface area contributed by atoms with Crippen molar-refractivity contribution in [3.63, 3.8) is 0 Å². The number of rotatable bonds is 14. The third-order valence-electron chi connectivity index (χ3n) is 8.86. The van der Waals surface area contributed by atoms with Crippen molar-refractivity contribution in [2.24, 2.45) is 11.1 Å². The predicted molar refractivity (Wildman–Crippen MR) is 202 cm³/mol. The number of hydrogen-bond acceptors (Lipinski definition) is 7. The van der Waals surface area contributed by atoms with E-state index in [-0.39, 0.29) is 55.4 Å². The van der Waals surface area contributed by atoms with Crippen LogP contribution in [0.5, 0.6) is 0 Å². The zero-order valence-corrected chi connectivity index (χ0v) is 30.7. The number of carboxylic acid groups (broad SMARTS) is 1. The molecular formula is C40H46N6O8. The smallest absolute Gasteiger partial charge is 0.335 e. The van der Waals surface area contributed by atoms with Crippen LogP contribution >= 0.6 is 0 Å². The number of amides is 6. The summed E-state index contributed by atoms with van der Waals surface area (Å²) < 4.78 is 0. The van der Waals surface area contributed by atoms with Crippen LogP contribution in [0.15, 0.2) is 84.9 Å². The van der Waals surface area contributed by atoms with Gasteiger partial charge in [-0.1, -0.05) is 63.2 Å². The Labute approximate surface area is 313 Å². The van der Waals surface area contributed by atoms with E-state index in [2.05, 4.69) is 16.0 Å². The number of nitrogens with zero attached hydrogens (tertiary/aromatic N) is 2. The summed E-state index contributed by atoms with van der Waals surface area (Å²) in [6.45, 7) is 6.88. The molecule has 284 valence electrons. The first kappa shape index (κ1) is 40.5. The molecule has 54 heavy (non-hydrogen) atoms. The summed E-state index contributed by atoms with van der Waals surface area (Å²) in [5.74, 6) is -3.94. The van der Waals surface area contributed by atoms with E-state index in [4.69, 9.17) is 10.8 Å². The lowest BCUT2D eigenvalue weighted by molar-refractivity contribution is -0.142. The second-order valence-electron chi connectivity index (χ2n) is 14.1. The Kier molecular flexibility index (Phi) is 13.4. The van der Waals surface area contributed by atoms with Gasteiger partial charge in [0.25, 0.3) is 0 Å². The molecule has 0 aliphatic carbocycles. The van der Waals surface area contributed by atoms with Gasteiger partial charge in [-0.05, 0) is 65.4 Å². The van der Waals surface area contributed by atoms with Crippen LogP contribution in [0.1, 0.15) is 72.4 Å². The molecule has 1 unspecified atom stereocenters. The van der Waals surface area contributed by atoms with Crippen molar-refractivity contribution in [1.82, 2.24) is 20.9 Å². The minimum Gasteiger partial charge on any atom is -0.478 e. The number of aromatic carboxylic acids is 1. The van der Waals surface area contributed by atoms with Crippen molar-refractivity contribution in [3.05, 3.63) is 107 Å². The fraction of sp³-hybridized carbons (Fsp3) is 0.325. The van der Waals surface area contributed by atoms with Crippen molar-refractivity contribution in [1.29, 1.82) is 0 Å². The van der Waals surface area contributed by atoms with Gasteiger partial charge in [0, 0.05) is 49.8 Å². The zero-order valence-electron chi connectivity index (χ0n) is 30.7. The topological polar surface area (TPSA) is 208 Å². The largest absolute Gasteiger partial charge is 0.478 e. The van der Waals surface area contributed by atoms with Crippen LogP contribution in [-0.4, -0.2) is 82.6 Å². The van der Waals surface area contributed by atoms with Gasteiger partial charge in [0.1, 0.15) is 12.1 Å². The molecule has 0 bridgehead atoms. The number of primary amides is 1. The molecule has 3 aromatic rings. The molecule has 14 heteroatoms. The number of hydrogen-bond donors (Lipinski definition) is 5. The molecule has 6 amide bonds. The Morgan fingerprint density at radius 3 is 2.13 bits per heavy atom. The fourth-order valence-electron chi connectivity index (χ4n) is 6.03. The zero-order chi connectivity index (χ0) is 39.6. The monoisotopic (exact) mass is 738 g/mol. The van der Waals surface area contributed by atoms with E-state index in [1.54, 1.807) is 45.0 Å². The van der Waals surface area contributed by atoms with E-state index in [0.29, 0.717) is 11.3 Å². The summed E-state index contributed by atoms with van der Waals surface area (Å²) in [6.07, 6.45) is 2.79. The Morgan fingerprint density at radius 1 is 0.926 bits per heavy atom. The molecule has 3 aromatic carbocycles. The number of anilines is 1. The molecule has 1 heterocycles. The first-order valence-electron chi connectivity index (χ1n) is 17.4. The van der Waals surface area contributed by atoms with Gasteiger partial charge in [0.05, 0.1) is 12.1 Å². The molecule has 1 aliphatic heterocycles. The standard InChI is InChI=1S/C40H46N6O8/c1-25(47)42-21-20-34(49)43-30-22-32(37(51)45(23-27-8-6-5-7-9-27)31-17-15-28(16-18-31)36(41)50)46(24-30)38(52)35(40(2,3)4)44-33(48)19-12-26-10-13-29(14-11-26)39(53)54/h5-19,30,32,35H,20-24H2,1-4H3,(H2,41,50)(H,42,47)(H,43,49)(H,44,48)(H,53,54)/b19-12+/t30-,32?,35+/m0/s1. The van der Waals surface area contributed by atoms with Gasteiger partial charge in [-0.15, -0.1) is 0 Å². The van der Waals surface area contributed by atoms with Gasteiger partial charge in [0.2, 0.25) is 35.4 Å². The molecule has 6 N–H and O–H groups in total. The highest BCUT2D eigenvalue weighted by Gasteiger charge is 2.46. The lowest BCUT2D eigenvalue weighted by atomic mass is 9.85. The van der Waals surface area contributed by atoms with Crippen molar-refractivity contribution in [2.75, 3.05) is 18.0 Å². The third kappa shape index (κ3) is 11.1. The summed E-state index contributed by atoms with van der Waals surface area (Å²) >= 11 is 0. The van der Waals surface area contributed by atoms with Gasteiger partial charge < -0.3 is 36.6 Å². The van der Waals surface area contributed by atoms with Gasteiger partial charge >= 0.3 is 5.97 Å². The van der Waals surface area contributed by atoms with Crippen LogP contribution in [0.3, 0.4) is 0 Å². The Hall–Kier alpha value is -6.31. The number of nitrogens with one attached hydrogen (secondary N) is 3. The summed E-state index contributed by atoms with van der Waals surface area (Å²) in [7, 11) is 0. The molecular weight excluding hydrogens is 692 g/mol. The SMILES string of the molecule is CC(=O)NCCC(=O)N[C@H]1CC(C(=O)N(Cc2ccccc2)c2ccc(C(N)=O)cc2)N(C(=O)[C@@H](NC(=O)/C=C/c2ccc(C(=O)O)cc2)C(C)(C)C)C1. The van der Waals surface area contributed by atoms with Crippen molar-refractivity contribution >= 4 is 53.2 Å². The predicted octanol–water partition coefficient (Wildman–Crippen LogP) is 2.87. The Morgan fingerprint density at radius 2 is 1.56 bits per heavy atom. The normalized spacial score (nSPS) is 16.0. The number of likely N-dealkylation sites (tertiary alicyclic amines) is 1. The van der Waals surface area contributed by atoms with Gasteiger partial charge in [-0.25, -0.2) is 4.79 Å². The molecule has 0 saturated carbocycles. The van der Waals surface area contributed by atoms with Crippen molar-refractivity contribution < 1.29 is 38.7 Å². The highest BCUT2D eigenvalue weighted by Crippen LogP contribution is 2.29. The number of benzene rings is 3. The van der Waals surface area contributed by atoms with E-state index in [0.717, 1.165) is 5.56 Å². The summed E-state index contributed by atoms with van der Waals surface area (Å²) in [6, 6.07) is 18.6. The Balaban J connectivity index is 1.66. The van der Waals surface area contributed by atoms with Crippen LogP contribution in [0.25, 0.3) is 6.08 Å². The molecule has 1 saturated heterocycles. The maximum atomic E-state index is 14.7. The lowest BCUT2D eigenvalue weighted by Gasteiger charge is -2.36. The summed E-state index contributed by atoms with van der Waals surface area (Å²) in [5.41, 5.74) is 6.80. The number of carbonyl (C=O) groups excluding carboxylic acids is 6. The highest BCUT2D eigenvalue weighted by molar-refractivity contribution is 6.02. The molecule has 1 fully saturated rings. The van der Waals surface area contributed by atoms with E-state index >= 15 is 0 Å². The third-order valence-corrected chi connectivity index (χ3v) is 8.86. The van der Waals surface area contributed by atoms with Gasteiger partial charge in [0.15, 0.2) is 0 Å². The first-order chi connectivity index (χ1) is 25.5. The maximum absolute atomic E-state index is 14.7. The van der Waals surface area contributed by atoms with E-state index in [1.807, 2.05) is 30.3 Å².